The van der Waals surface area contributed by atoms with Crippen molar-refractivity contribution in [2.75, 3.05) is 11.9 Å². The minimum atomic E-state index is -0.696. The zero-order valence-corrected chi connectivity index (χ0v) is 11.8. The van der Waals surface area contributed by atoms with Crippen LogP contribution in [0.25, 0.3) is 0 Å². The molecule has 0 aliphatic heterocycles. The Morgan fingerprint density at radius 2 is 2.24 bits per heavy atom. The molecule has 0 unspecified atom stereocenters. The van der Waals surface area contributed by atoms with Crippen molar-refractivity contribution in [3.63, 3.8) is 0 Å². The number of rotatable bonds is 5. The molecule has 0 saturated carbocycles. The van der Waals surface area contributed by atoms with E-state index in [2.05, 4.69) is 44.1 Å². The number of aromatic nitrogens is 2. The van der Waals surface area contributed by atoms with Crippen LogP contribution in [0.4, 0.5) is 5.82 Å². The van der Waals surface area contributed by atoms with Crippen LogP contribution in [-0.4, -0.2) is 22.1 Å². The summed E-state index contributed by atoms with van der Waals surface area (Å²) in [6, 6.07) is 0. The van der Waals surface area contributed by atoms with Crippen molar-refractivity contribution >= 4 is 21.7 Å². The third-order valence-electron chi connectivity index (χ3n) is 2.00. The number of nitrogens with one attached hydrogen (secondary N) is 1. The molecule has 0 saturated heterocycles. The number of anilines is 1. The molecule has 1 aromatic heterocycles. The van der Waals surface area contributed by atoms with Crippen LogP contribution in [0.2, 0.25) is 0 Å². The maximum absolute atomic E-state index is 5.63. The third-order valence-corrected chi connectivity index (χ3v) is 2.71. The van der Waals surface area contributed by atoms with E-state index >= 15 is 0 Å². The maximum atomic E-state index is 5.63. The van der Waals surface area contributed by atoms with Gasteiger partial charge in [-0.1, -0.05) is 12.8 Å². The first-order valence-electron chi connectivity index (χ1n) is 5.41. The molecule has 1 N–H and O–H groups in total. The van der Waals surface area contributed by atoms with Crippen molar-refractivity contribution < 1.29 is 4.74 Å². The van der Waals surface area contributed by atoms with Gasteiger partial charge in [-0.15, -0.1) is 6.42 Å². The molecule has 0 bridgehead atoms. The summed E-state index contributed by atoms with van der Waals surface area (Å²) in [7, 11) is 0. The Balaban J connectivity index is 2.91. The average Bonchev–Trinajstić information content (AvgIpc) is 2.30. The highest BCUT2D eigenvalue weighted by atomic mass is 79.9. The van der Waals surface area contributed by atoms with Crippen LogP contribution >= 0.6 is 15.9 Å². The molecular formula is C12H16BrN3O. The summed E-state index contributed by atoms with van der Waals surface area (Å²) >= 11 is 3.41. The van der Waals surface area contributed by atoms with E-state index in [9.17, 15) is 0 Å². The maximum Gasteiger partial charge on any atom is 0.234 e. The molecule has 92 valence electrons. The summed E-state index contributed by atoms with van der Waals surface area (Å²) in [6.45, 7) is 6.54. The highest BCUT2D eigenvalue weighted by Crippen LogP contribution is 2.30. The first kappa shape index (κ1) is 13.8. The van der Waals surface area contributed by atoms with Crippen LogP contribution < -0.4 is 10.1 Å². The van der Waals surface area contributed by atoms with Gasteiger partial charge in [-0.2, -0.15) is 0 Å². The fraction of sp³-hybridized carbons (Fsp3) is 0.500. The van der Waals surface area contributed by atoms with Gasteiger partial charge in [-0.3, -0.25) is 0 Å². The van der Waals surface area contributed by atoms with Crippen LogP contribution in [0.1, 0.15) is 27.2 Å². The van der Waals surface area contributed by atoms with Gasteiger partial charge in [-0.05, 0) is 36.2 Å². The molecule has 0 aliphatic carbocycles. The Labute approximate surface area is 110 Å². The molecule has 1 rings (SSSR count). The molecule has 5 heteroatoms. The monoisotopic (exact) mass is 297 g/mol. The standard InChI is InChI=1S/C12H16BrN3O/c1-5-7-14-10-9(13)11(16-8-15-10)17-12(3,4)6-2/h2,8H,5,7H2,1,3-4H3,(H,14,15,16). The Bertz CT molecular complexity index is 426. The van der Waals surface area contributed by atoms with Crippen LogP contribution in [-0.2, 0) is 0 Å². The molecule has 0 amide bonds. The highest BCUT2D eigenvalue weighted by Gasteiger charge is 2.19. The lowest BCUT2D eigenvalue weighted by molar-refractivity contribution is 0.163. The number of nitrogens with zero attached hydrogens (tertiary/aromatic N) is 2. The molecule has 17 heavy (non-hydrogen) atoms. The van der Waals surface area contributed by atoms with E-state index in [1.807, 2.05) is 0 Å². The van der Waals surface area contributed by atoms with Gasteiger partial charge < -0.3 is 10.1 Å². The van der Waals surface area contributed by atoms with Crippen LogP contribution in [0.5, 0.6) is 5.88 Å². The summed E-state index contributed by atoms with van der Waals surface area (Å²) < 4.78 is 6.32. The first-order valence-corrected chi connectivity index (χ1v) is 6.20. The van der Waals surface area contributed by atoms with Crippen molar-refractivity contribution in [1.29, 1.82) is 0 Å². The zero-order valence-electron chi connectivity index (χ0n) is 10.2. The van der Waals surface area contributed by atoms with E-state index in [-0.39, 0.29) is 0 Å². The van der Waals surface area contributed by atoms with Crippen molar-refractivity contribution in [2.45, 2.75) is 32.8 Å². The van der Waals surface area contributed by atoms with Gasteiger partial charge >= 0.3 is 0 Å². The molecule has 0 aliphatic rings. The van der Waals surface area contributed by atoms with Crippen molar-refractivity contribution in [3.05, 3.63) is 10.8 Å². The SMILES string of the molecule is C#CC(C)(C)Oc1ncnc(NCCC)c1Br. The fourth-order valence-corrected chi connectivity index (χ4v) is 1.49. The highest BCUT2D eigenvalue weighted by molar-refractivity contribution is 9.10. The number of hydrogen-bond donors (Lipinski definition) is 1. The summed E-state index contributed by atoms with van der Waals surface area (Å²) in [6.07, 6.45) is 7.84. The first-order chi connectivity index (χ1) is 8.00. The number of halogens is 1. The van der Waals surface area contributed by atoms with E-state index in [4.69, 9.17) is 11.2 Å². The minimum Gasteiger partial charge on any atom is -0.457 e. The second kappa shape index (κ2) is 5.87. The number of terminal acetylenes is 1. The quantitative estimate of drug-likeness (QED) is 0.849. The van der Waals surface area contributed by atoms with Crippen molar-refractivity contribution in [2.24, 2.45) is 0 Å². The minimum absolute atomic E-state index is 0.446. The average molecular weight is 298 g/mol. The van der Waals surface area contributed by atoms with Gasteiger partial charge in [0.25, 0.3) is 0 Å². The topological polar surface area (TPSA) is 47.0 Å². The molecule has 0 radical (unpaired) electrons. The van der Waals surface area contributed by atoms with Crippen LogP contribution in [0.3, 0.4) is 0 Å². The largest absolute Gasteiger partial charge is 0.457 e. The smallest absolute Gasteiger partial charge is 0.234 e. The zero-order chi connectivity index (χ0) is 12.9. The van der Waals surface area contributed by atoms with Gasteiger partial charge in [0.15, 0.2) is 5.60 Å². The van der Waals surface area contributed by atoms with Gasteiger partial charge in [0, 0.05) is 6.54 Å². The summed E-state index contributed by atoms with van der Waals surface area (Å²) in [4.78, 5) is 8.20. The molecular weight excluding hydrogens is 282 g/mol. The number of hydrogen-bond acceptors (Lipinski definition) is 4. The van der Waals surface area contributed by atoms with Gasteiger partial charge in [0.1, 0.15) is 16.6 Å². The normalized spacial score (nSPS) is 10.8. The Hall–Kier alpha value is -1.28. The van der Waals surface area contributed by atoms with Gasteiger partial charge in [-0.25, -0.2) is 9.97 Å². The summed E-state index contributed by atoms with van der Waals surface area (Å²) in [5, 5.41) is 3.18. The predicted molar refractivity (Wildman–Crippen MR) is 72.1 cm³/mol. The Kier molecular flexibility index (Phi) is 4.76. The summed E-state index contributed by atoms with van der Waals surface area (Å²) in [5.41, 5.74) is -0.696. The second-order valence-corrected chi connectivity index (χ2v) is 4.82. The van der Waals surface area contributed by atoms with E-state index in [1.54, 1.807) is 13.8 Å². The van der Waals surface area contributed by atoms with E-state index in [1.165, 1.54) is 6.33 Å². The molecule has 1 heterocycles. The van der Waals surface area contributed by atoms with Crippen LogP contribution in [0.15, 0.2) is 10.8 Å². The molecule has 0 aromatic carbocycles. The van der Waals surface area contributed by atoms with Gasteiger partial charge in [0.05, 0.1) is 0 Å². The van der Waals surface area contributed by atoms with Crippen molar-refractivity contribution in [3.8, 4) is 18.2 Å². The van der Waals surface area contributed by atoms with E-state index in [0.717, 1.165) is 13.0 Å². The van der Waals surface area contributed by atoms with Crippen LogP contribution in [0, 0.1) is 12.3 Å². The Morgan fingerprint density at radius 1 is 1.53 bits per heavy atom. The fourth-order valence-electron chi connectivity index (χ4n) is 1.06. The van der Waals surface area contributed by atoms with E-state index in [0.29, 0.717) is 16.2 Å². The van der Waals surface area contributed by atoms with Crippen molar-refractivity contribution in [1.82, 2.24) is 9.97 Å². The number of ether oxygens (including phenoxy) is 1. The summed E-state index contributed by atoms with van der Waals surface area (Å²) in [5.74, 6) is 3.71. The van der Waals surface area contributed by atoms with Gasteiger partial charge in [0.2, 0.25) is 5.88 Å². The van der Waals surface area contributed by atoms with E-state index < -0.39 is 5.60 Å². The molecule has 0 spiro atoms. The second-order valence-electron chi connectivity index (χ2n) is 4.02. The molecule has 4 nitrogen and oxygen atoms in total. The third kappa shape index (κ3) is 3.90. The molecule has 0 atom stereocenters. The Morgan fingerprint density at radius 3 is 2.82 bits per heavy atom. The molecule has 0 fully saturated rings. The predicted octanol–water partition coefficient (Wildman–Crippen LogP) is 2.85. The molecule has 1 aromatic rings. The lowest BCUT2D eigenvalue weighted by Gasteiger charge is -2.20. The lowest BCUT2D eigenvalue weighted by atomic mass is 10.1. The lowest BCUT2D eigenvalue weighted by Crippen LogP contribution is -2.26.